The normalized spacial score (nSPS) is 14.4. The average Bonchev–Trinajstić information content (AvgIpc) is 2.38. The predicted octanol–water partition coefficient (Wildman–Crippen LogP) is 2.20. The minimum Gasteiger partial charge on any atom is -0.464 e. The first kappa shape index (κ1) is 17.5. The minimum atomic E-state index is -4.91. The van der Waals surface area contributed by atoms with E-state index in [2.05, 4.69) is 9.47 Å². The topological polar surface area (TPSA) is 76.0 Å². The van der Waals surface area contributed by atoms with Crippen molar-refractivity contribution >= 4 is 17.6 Å². The molecule has 0 fully saturated rings. The molecule has 118 valence electrons. The van der Waals surface area contributed by atoms with Crippen molar-refractivity contribution in [2.24, 2.45) is 0 Å². The van der Waals surface area contributed by atoms with Crippen molar-refractivity contribution in [3.63, 3.8) is 0 Å². The van der Waals surface area contributed by atoms with Crippen molar-refractivity contribution in [3.05, 3.63) is 28.8 Å². The number of ether oxygens (including phenoxy) is 2. The van der Waals surface area contributed by atoms with Gasteiger partial charge in [-0.15, -0.1) is 13.2 Å². The maximum atomic E-state index is 12.1. The van der Waals surface area contributed by atoms with E-state index in [0.29, 0.717) is 0 Å². The number of alkyl halides is 3. The Kier molecular flexibility index (Phi) is 5.82. The molecule has 0 heterocycles. The number of hydrogen-bond acceptors (Lipinski definition) is 5. The van der Waals surface area contributed by atoms with Crippen LogP contribution >= 0.6 is 11.6 Å². The summed E-state index contributed by atoms with van der Waals surface area (Å²) in [6.45, 7) is 1.51. The van der Waals surface area contributed by atoms with E-state index in [1.54, 1.807) is 0 Å². The molecule has 21 heavy (non-hydrogen) atoms. The lowest BCUT2D eigenvalue weighted by Gasteiger charge is -2.18. The lowest BCUT2D eigenvalue weighted by molar-refractivity contribution is -0.274. The summed E-state index contributed by atoms with van der Waals surface area (Å²) < 4.78 is 44.4. The van der Waals surface area contributed by atoms with Gasteiger partial charge in [0.2, 0.25) is 0 Å². The molecule has 2 unspecified atom stereocenters. The van der Waals surface area contributed by atoms with E-state index >= 15 is 0 Å². The van der Waals surface area contributed by atoms with E-state index in [1.165, 1.54) is 6.92 Å². The standard InChI is InChI=1S/C12H12ClF3O5/c1-2-20-11(19)10(18)9(17)6-3-4-8(7(13)5-6)21-12(14,15)16/h3-5,9-10,17-18H,2H2,1H3. The summed E-state index contributed by atoms with van der Waals surface area (Å²) in [6.07, 6.45) is -8.48. The van der Waals surface area contributed by atoms with Crippen LogP contribution in [0.25, 0.3) is 0 Å². The Morgan fingerprint density at radius 2 is 2.00 bits per heavy atom. The molecule has 1 aromatic rings. The third kappa shape index (κ3) is 5.07. The summed E-state index contributed by atoms with van der Waals surface area (Å²) in [7, 11) is 0. The number of aliphatic hydroxyl groups is 2. The SMILES string of the molecule is CCOC(=O)C(O)C(O)c1ccc(OC(F)(F)F)c(Cl)c1. The van der Waals surface area contributed by atoms with E-state index in [1.807, 2.05) is 0 Å². The number of esters is 1. The Bertz CT molecular complexity index is 506. The molecule has 0 spiro atoms. The summed E-state index contributed by atoms with van der Waals surface area (Å²) in [5.74, 6) is -1.72. The molecule has 0 bridgehead atoms. The number of benzene rings is 1. The zero-order valence-electron chi connectivity index (χ0n) is 10.7. The lowest BCUT2D eigenvalue weighted by Crippen LogP contribution is -2.29. The Balaban J connectivity index is 2.90. The molecule has 0 aliphatic rings. The molecule has 0 aliphatic carbocycles. The molecule has 9 heteroatoms. The molecule has 0 saturated carbocycles. The molecule has 0 amide bonds. The predicted molar refractivity (Wildman–Crippen MR) is 65.7 cm³/mol. The quantitative estimate of drug-likeness (QED) is 0.810. The molecule has 0 radical (unpaired) electrons. The Morgan fingerprint density at radius 3 is 2.48 bits per heavy atom. The maximum Gasteiger partial charge on any atom is 0.573 e. The number of rotatable bonds is 5. The van der Waals surface area contributed by atoms with Gasteiger partial charge in [0, 0.05) is 0 Å². The molecule has 2 atom stereocenters. The van der Waals surface area contributed by atoms with E-state index in [9.17, 15) is 28.2 Å². The fourth-order valence-corrected chi connectivity index (χ4v) is 1.67. The molecule has 0 saturated heterocycles. The largest absolute Gasteiger partial charge is 0.573 e. The molecule has 1 rings (SSSR count). The Morgan fingerprint density at radius 1 is 1.38 bits per heavy atom. The van der Waals surface area contributed by atoms with Crippen LogP contribution in [0.4, 0.5) is 13.2 Å². The number of halogens is 4. The molecule has 0 aliphatic heterocycles. The highest BCUT2D eigenvalue weighted by molar-refractivity contribution is 6.32. The van der Waals surface area contributed by atoms with Gasteiger partial charge in [-0.05, 0) is 24.6 Å². The second kappa shape index (κ2) is 6.97. The van der Waals surface area contributed by atoms with Crippen LogP contribution in [0.5, 0.6) is 5.75 Å². The third-order valence-electron chi connectivity index (χ3n) is 2.35. The number of carbonyl (C=O) groups is 1. The Labute approximate surface area is 122 Å². The minimum absolute atomic E-state index is 0.00172. The van der Waals surface area contributed by atoms with Crippen molar-refractivity contribution in [1.29, 1.82) is 0 Å². The second-order valence-corrected chi connectivity index (χ2v) is 4.29. The van der Waals surface area contributed by atoms with Gasteiger partial charge in [-0.25, -0.2) is 4.79 Å². The molecular formula is C12H12ClF3O5. The highest BCUT2D eigenvalue weighted by Crippen LogP contribution is 2.32. The van der Waals surface area contributed by atoms with Gasteiger partial charge in [-0.3, -0.25) is 0 Å². The molecule has 1 aromatic carbocycles. The van der Waals surface area contributed by atoms with Crippen LogP contribution in [0.15, 0.2) is 18.2 Å². The first-order chi connectivity index (χ1) is 9.65. The fourth-order valence-electron chi connectivity index (χ4n) is 1.45. The Hall–Kier alpha value is -1.51. The van der Waals surface area contributed by atoms with Gasteiger partial charge in [0.05, 0.1) is 11.6 Å². The molecular weight excluding hydrogens is 317 g/mol. The lowest BCUT2D eigenvalue weighted by atomic mass is 10.0. The summed E-state index contributed by atoms with van der Waals surface area (Å²) in [6, 6.07) is 2.86. The highest BCUT2D eigenvalue weighted by atomic mass is 35.5. The average molecular weight is 329 g/mol. The zero-order chi connectivity index (χ0) is 16.2. The van der Waals surface area contributed by atoms with Gasteiger partial charge in [0.15, 0.2) is 6.10 Å². The van der Waals surface area contributed by atoms with E-state index < -0.39 is 35.3 Å². The molecule has 0 aromatic heterocycles. The van der Waals surface area contributed by atoms with Crippen LogP contribution in [0, 0.1) is 0 Å². The van der Waals surface area contributed by atoms with E-state index in [4.69, 9.17) is 11.6 Å². The number of aliphatic hydroxyl groups excluding tert-OH is 2. The smallest absolute Gasteiger partial charge is 0.464 e. The van der Waals surface area contributed by atoms with Gasteiger partial charge in [0.25, 0.3) is 0 Å². The summed E-state index contributed by atoms with van der Waals surface area (Å²) in [5, 5.41) is 18.9. The van der Waals surface area contributed by atoms with Crippen LogP contribution in [0.1, 0.15) is 18.6 Å². The van der Waals surface area contributed by atoms with Crippen molar-refractivity contribution < 1.29 is 37.7 Å². The van der Waals surface area contributed by atoms with Crippen LogP contribution < -0.4 is 4.74 Å². The van der Waals surface area contributed by atoms with Crippen LogP contribution in [0.2, 0.25) is 5.02 Å². The third-order valence-corrected chi connectivity index (χ3v) is 2.65. The molecule has 5 nitrogen and oxygen atoms in total. The van der Waals surface area contributed by atoms with Crippen LogP contribution in [0.3, 0.4) is 0 Å². The fraction of sp³-hybridized carbons (Fsp3) is 0.417. The zero-order valence-corrected chi connectivity index (χ0v) is 11.5. The van der Waals surface area contributed by atoms with Crippen molar-refractivity contribution in [2.75, 3.05) is 6.61 Å². The summed E-state index contributed by atoms with van der Waals surface area (Å²) in [5.41, 5.74) is -0.0601. The van der Waals surface area contributed by atoms with Gasteiger partial charge >= 0.3 is 12.3 Å². The van der Waals surface area contributed by atoms with Crippen molar-refractivity contribution in [3.8, 4) is 5.75 Å². The van der Waals surface area contributed by atoms with Gasteiger partial charge < -0.3 is 19.7 Å². The molecule has 2 N–H and O–H groups in total. The maximum absolute atomic E-state index is 12.1. The van der Waals surface area contributed by atoms with E-state index in [-0.39, 0.29) is 12.2 Å². The van der Waals surface area contributed by atoms with Crippen LogP contribution in [-0.4, -0.2) is 35.3 Å². The van der Waals surface area contributed by atoms with E-state index in [0.717, 1.165) is 18.2 Å². The summed E-state index contributed by atoms with van der Waals surface area (Å²) >= 11 is 5.59. The second-order valence-electron chi connectivity index (χ2n) is 3.88. The van der Waals surface area contributed by atoms with Crippen molar-refractivity contribution in [1.82, 2.24) is 0 Å². The first-order valence-electron chi connectivity index (χ1n) is 5.73. The summed E-state index contributed by atoms with van der Waals surface area (Å²) in [4.78, 5) is 11.3. The number of carbonyl (C=O) groups excluding carboxylic acids is 1. The van der Waals surface area contributed by atoms with Gasteiger partial charge in [-0.2, -0.15) is 0 Å². The van der Waals surface area contributed by atoms with Gasteiger partial charge in [0.1, 0.15) is 11.9 Å². The first-order valence-corrected chi connectivity index (χ1v) is 6.11. The van der Waals surface area contributed by atoms with Crippen molar-refractivity contribution in [2.45, 2.75) is 25.5 Å². The highest BCUT2D eigenvalue weighted by Gasteiger charge is 2.33. The van der Waals surface area contributed by atoms with Gasteiger partial charge in [-0.1, -0.05) is 17.7 Å². The van der Waals surface area contributed by atoms with Crippen LogP contribution in [-0.2, 0) is 9.53 Å². The monoisotopic (exact) mass is 328 g/mol. The number of hydrogen-bond donors (Lipinski definition) is 2.